The molecule has 2 heterocycles. The van der Waals surface area contributed by atoms with Gasteiger partial charge in [-0.15, -0.1) is 13.2 Å². The number of ether oxygens (including phenoxy) is 2. The average molecular weight is 513 g/mol. The predicted molar refractivity (Wildman–Crippen MR) is 131 cm³/mol. The minimum atomic E-state index is -4.86. The molecule has 0 saturated carbocycles. The van der Waals surface area contributed by atoms with E-state index in [9.17, 15) is 22.8 Å². The van der Waals surface area contributed by atoms with Crippen molar-refractivity contribution in [1.82, 2.24) is 9.78 Å². The van der Waals surface area contributed by atoms with Crippen LogP contribution in [0, 0.1) is 12.3 Å². The van der Waals surface area contributed by atoms with E-state index in [1.165, 1.54) is 47.0 Å². The van der Waals surface area contributed by atoms with Crippen LogP contribution in [0.2, 0.25) is 0 Å². The first-order valence-electron chi connectivity index (χ1n) is 11.1. The zero-order valence-electron chi connectivity index (χ0n) is 19.8. The van der Waals surface area contributed by atoms with E-state index in [2.05, 4.69) is 15.2 Å². The first-order valence-corrected chi connectivity index (χ1v) is 11.1. The summed E-state index contributed by atoms with van der Waals surface area (Å²) in [6.45, 7) is 4.06. The van der Waals surface area contributed by atoms with E-state index in [1.54, 1.807) is 18.2 Å². The van der Waals surface area contributed by atoms with Crippen molar-refractivity contribution in [3.8, 4) is 11.4 Å². The second-order valence-electron chi connectivity index (χ2n) is 8.15. The number of aryl methyl sites for hydroxylation is 1. The van der Waals surface area contributed by atoms with E-state index < -0.39 is 23.6 Å². The highest BCUT2D eigenvalue weighted by molar-refractivity contribution is 5.98. The fraction of sp³-hybridized carbons (Fsp3) is 0.200. The molecule has 1 aromatic heterocycles. The maximum atomic E-state index is 12.8. The summed E-state index contributed by atoms with van der Waals surface area (Å²) < 4.78 is 48.3. The first-order chi connectivity index (χ1) is 17.5. The number of hydrogen-bond acceptors (Lipinski definition) is 7. The standard InChI is InChI=1S/C25H22F3N5O4/c1-15-12-18(32-10-11-36-24(32)35)6-7-21(15)33-9-8-22(34)23(31-33)20(13-16(2)29)30-17-4-3-5-19(14-17)37-25(26,27)28/h3-9,12-14,29-30H,10-11H2,1-2H3/b20-13-,29-16?. The molecule has 2 N–H and O–H groups in total. The molecule has 37 heavy (non-hydrogen) atoms. The lowest BCUT2D eigenvalue weighted by molar-refractivity contribution is -0.274. The molecule has 3 aromatic rings. The van der Waals surface area contributed by atoms with Crippen LogP contribution in [-0.2, 0) is 4.74 Å². The fourth-order valence-electron chi connectivity index (χ4n) is 3.73. The molecule has 1 saturated heterocycles. The van der Waals surface area contributed by atoms with Gasteiger partial charge in [-0.2, -0.15) is 5.10 Å². The minimum absolute atomic E-state index is 0.0529. The zero-order valence-corrected chi connectivity index (χ0v) is 19.8. The Bertz CT molecular complexity index is 1450. The van der Waals surface area contributed by atoms with Crippen molar-refractivity contribution in [3.05, 3.63) is 82.3 Å². The lowest BCUT2D eigenvalue weighted by atomic mass is 10.1. The molecule has 0 unspecified atom stereocenters. The van der Waals surface area contributed by atoms with E-state index in [0.717, 1.165) is 17.7 Å². The second kappa shape index (κ2) is 10.2. The Morgan fingerprint density at radius 2 is 1.97 bits per heavy atom. The van der Waals surface area contributed by atoms with Gasteiger partial charge in [0, 0.05) is 35.4 Å². The quantitative estimate of drug-likeness (QED) is 0.436. The third kappa shape index (κ3) is 6.15. The molecule has 0 atom stereocenters. The number of aromatic nitrogens is 2. The number of nitrogens with one attached hydrogen (secondary N) is 2. The maximum absolute atomic E-state index is 12.8. The van der Waals surface area contributed by atoms with Crippen molar-refractivity contribution in [3.63, 3.8) is 0 Å². The van der Waals surface area contributed by atoms with Gasteiger partial charge in [-0.05, 0) is 55.8 Å². The molecule has 1 aliphatic heterocycles. The molecule has 0 bridgehead atoms. The van der Waals surface area contributed by atoms with Gasteiger partial charge in [-0.3, -0.25) is 9.69 Å². The van der Waals surface area contributed by atoms with E-state index in [1.807, 2.05) is 6.92 Å². The number of hydrogen-bond donors (Lipinski definition) is 2. The molecule has 1 fully saturated rings. The van der Waals surface area contributed by atoms with Gasteiger partial charge in [0.25, 0.3) is 0 Å². The van der Waals surface area contributed by atoms with Crippen molar-refractivity contribution >= 4 is 28.9 Å². The Labute approximate surface area is 209 Å². The van der Waals surface area contributed by atoms with Crippen LogP contribution in [0.15, 0.2) is 65.6 Å². The minimum Gasteiger partial charge on any atom is -0.447 e. The molecule has 192 valence electrons. The lowest BCUT2D eigenvalue weighted by Gasteiger charge is -2.17. The second-order valence-corrected chi connectivity index (χ2v) is 8.15. The molecule has 1 aliphatic rings. The molecule has 12 heteroatoms. The summed E-state index contributed by atoms with van der Waals surface area (Å²) in [6.07, 6.45) is -2.46. The number of carbonyl (C=O) groups excluding carboxylic acids is 1. The summed E-state index contributed by atoms with van der Waals surface area (Å²) >= 11 is 0. The van der Waals surface area contributed by atoms with Gasteiger partial charge in [0.15, 0.2) is 5.69 Å². The molecule has 0 radical (unpaired) electrons. The van der Waals surface area contributed by atoms with Crippen LogP contribution < -0.4 is 20.4 Å². The van der Waals surface area contributed by atoms with Crippen LogP contribution in [-0.4, -0.2) is 41.1 Å². The maximum Gasteiger partial charge on any atom is 0.573 e. The predicted octanol–water partition coefficient (Wildman–Crippen LogP) is 4.89. The summed E-state index contributed by atoms with van der Waals surface area (Å²) in [7, 11) is 0. The molecular formula is C25H22F3N5O4. The number of halogens is 3. The molecule has 1 amide bonds. The first kappa shape index (κ1) is 25.5. The van der Waals surface area contributed by atoms with Gasteiger partial charge < -0.3 is 20.2 Å². The van der Waals surface area contributed by atoms with Gasteiger partial charge in [0.05, 0.1) is 17.9 Å². The zero-order chi connectivity index (χ0) is 26.7. The summed E-state index contributed by atoms with van der Waals surface area (Å²) in [5.74, 6) is -0.445. The van der Waals surface area contributed by atoms with Crippen LogP contribution >= 0.6 is 0 Å². The SMILES string of the molecule is CC(=N)/C=C(\Nc1cccc(OC(F)(F)F)c1)c1nn(-c2ccc(N3CCOC3=O)cc2C)ccc1=O. The van der Waals surface area contributed by atoms with Crippen molar-refractivity contribution in [1.29, 1.82) is 5.41 Å². The topological polar surface area (TPSA) is 110 Å². The van der Waals surface area contributed by atoms with Gasteiger partial charge in [0.2, 0.25) is 5.43 Å². The highest BCUT2D eigenvalue weighted by Gasteiger charge is 2.31. The number of allylic oxidation sites excluding steroid dienone is 1. The normalized spacial score (nSPS) is 13.9. The number of rotatable bonds is 7. The molecule has 0 aliphatic carbocycles. The Morgan fingerprint density at radius 3 is 2.62 bits per heavy atom. The van der Waals surface area contributed by atoms with Gasteiger partial charge in [0.1, 0.15) is 12.4 Å². The Morgan fingerprint density at radius 1 is 1.19 bits per heavy atom. The largest absolute Gasteiger partial charge is 0.573 e. The number of nitrogens with zero attached hydrogens (tertiary/aromatic N) is 3. The number of amides is 1. The van der Waals surface area contributed by atoms with E-state index in [0.29, 0.717) is 24.5 Å². The van der Waals surface area contributed by atoms with E-state index >= 15 is 0 Å². The van der Waals surface area contributed by atoms with Crippen LogP contribution in [0.4, 0.5) is 29.3 Å². The molecule has 4 rings (SSSR count). The van der Waals surface area contributed by atoms with Gasteiger partial charge in [-0.1, -0.05) is 6.07 Å². The number of carbonyl (C=O) groups is 1. The smallest absolute Gasteiger partial charge is 0.447 e. The van der Waals surface area contributed by atoms with Crippen LogP contribution in [0.3, 0.4) is 0 Å². The van der Waals surface area contributed by atoms with Crippen molar-refractivity contribution in [2.45, 2.75) is 20.2 Å². The highest BCUT2D eigenvalue weighted by Crippen LogP contribution is 2.27. The molecular weight excluding hydrogens is 491 g/mol. The number of cyclic esters (lactones) is 1. The van der Waals surface area contributed by atoms with E-state index in [-0.39, 0.29) is 22.8 Å². The Kier molecular flexibility index (Phi) is 7.00. The number of anilines is 2. The van der Waals surface area contributed by atoms with Crippen molar-refractivity contribution in [2.75, 3.05) is 23.4 Å². The Balaban J connectivity index is 1.69. The van der Waals surface area contributed by atoms with E-state index in [4.69, 9.17) is 10.1 Å². The monoisotopic (exact) mass is 513 g/mol. The third-order valence-corrected chi connectivity index (χ3v) is 5.27. The van der Waals surface area contributed by atoms with Crippen LogP contribution in [0.25, 0.3) is 11.4 Å². The fourth-order valence-corrected chi connectivity index (χ4v) is 3.73. The van der Waals surface area contributed by atoms with Crippen LogP contribution in [0.1, 0.15) is 18.2 Å². The summed E-state index contributed by atoms with van der Waals surface area (Å²) in [5.41, 5.74) is 1.93. The summed E-state index contributed by atoms with van der Waals surface area (Å²) in [6, 6.07) is 11.7. The lowest BCUT2D eigenvalue weighted by Crippen LogP contribution is -2.23. The van der Waals surface area contributed by atoms with Crippen molar-refractivity contribution < 1.29 is 27.4 Å². The number of alkyl halides is 3. The van der Waals surface area contributed by atoms with Crippen LogP contribution in [0.5, 0.6) is 5.75 Å². The molecule has 0 spiro atoms. The Hall–Kier alpha value is -4.61. The van der Waals surface area contributed by atoms with Crippen molar-refractivity contribution in [2.24, 2.45) is 0 Å². The summed E-state index contributed by atoms with van der Waals surface area (Å²) in [5, 5.41) is 15.2. The highest BCUT2D eigenvalue weighted by atomic mass is 19.4. The summed E-state index contributed by atoms with van der Waals surface area (Å²) in [4.78, 5) is 26.2. The average Bonchev–Trinajstić information content (AvgIpc) is 3.24. The molecule has 9 nitrogen and oxygen atoms in total. The van der Waals surface area contributed by atoms with Gasteiger partial charge >= 0.3 is 12.5 Å². The molecule has 2 aromatic carbocycles. The van der Waals surface area contributed by atoms with Gasteiger partial charge in [-0.25, -0.2) is 9.48 Å². The number of benzene rings is 2. The third-order valence-electron chi connectivity index (χ3n) is 5.27.